The Hall–Kier alpha value is -2.50. The van der Waals surface area contributed by atoms with Crippen LogP contribution in [0.3, 0.4) is 0 Å². The van der Waals surface area contributed by atoms with E-state index in [0.29, 0.717) is 29.4 Å². The quantitative estimate of drug-likeness (QED) is 0.357. The van der Waals surface area contributed by atoms with Crippen LogP contribution >= 0.6 is 11.6 Å². The van der Waals surface area contributed by atoms with E-state index in [-0.39, 0.29) is 12.5 Å². The highest BCUT2D eigenvalue weighted by Crippen LogP contribution is 2.34. The van der Waals surface area contributed by atoms with Gasteiger partial charge >= 0.3 is 0 Å². The zero-order chi connectivity index (χ0) is 24.2. The number of hydrogen-bond donors (Lipinski definition) is 3. The van der Waals surface area contributed by atoms with Crippen molar-refractivity contribution in [1.82, 2.24) is 10.6 Å². The van der Waals surface area contributed by atoms with Crippen molar-refractivity contribution in [2.75, 3.05) is 19.7 Å². The lowest BCUT2D eigenvalue weighted by molar-refractivity contribution is 0.0930. The fraction of sp³-hybridized carbons (Fsp3) is 0.464. The number of aliphatic hydroxyl groups excluding tert-OH is 1. The molecule has 1 amide bonds. The summed E-state index contributed by atoms with van der Waals surface area (Å²) in [4.78, 5) is 12.7. The molecule has 0 heterocycles. The number of carbonyl (C=O) groups is 1. The lowest BCUT2D eigenvalue weighted by Crippen LogP contribution is -2.30. The number of amides is 1. The van der Waals surface area contributed by atoms with Crippen LogP contribution < -0.4 is 15.4 Å². The Morgan fingerprint density at radius 1 is 1.21 bits per heavy atom. The monoisotopic (exact) mass is 484 g/mol. The molecular weight excluding hydrogens is 448 g/mol. The first-order chi connectivity index (χ1) is 16.5. The number of hydrogen-bond acceptors (Lipinski definition) is 4. The second-order valence-corrected chi connectivity index (χ2v) is 9.53. The van der Waals surface area contributed by atoms with Crippen LogP contribution in [0.4, 0.5) is 0 Å². The molecule has 1 aliphatic rings. The van der Waals surface area contributed by atoms with Crippen LogP contribution in [-0.4, -0.2) is 36.8 Å². The van der Waals surface area contributed by atoms with E-state index in [0.717, 1.165) is 30.2 Å². The van der Waals surface area contributed by atoms with Crippen molar-refractivity contribution >= 4 is 17.5 Å². The average Bonchev–Trinajstić information content (AvgIpc) is 3.31. The Morgan fingerprint density at radius 2 is 2.00 bits per heavy atom. The van der Waals surface area contributed by atoms with E-state index < -0.39 is 6.10 Å². The molecule has 1 aliphatic carbocycles. The molecule has 2 aromatic rings. The van der Waals surface area contributed by atoms with Crippen molar-refractivity contribution in [2.24, 2.45) is 11.8 Å². The first-order valence-corrected chi connectivity index (χ1v) is 12.7. The molecule has 184 valence electrons. The second-order valence-electron chi connectivity index (χ2n) is 9.10. The minimum Gasteiger partial charge on any atom is -0.490 e. The molecule has 0 radical (unpaired) electrons. The Kier molecular flexibility index (Phi) is 10.8. The molecule has 6 heteroatoms. The largest absolute Gasteiger partial charge is 0.490 e. The summed E-state index contributed by atoms with van der Waals surface area (Å²) in [6.07, 6.45) is 10.5. The highest BCUT2D eigenvalue weighted by molar-refractivity contribution is 6.31. The Labute approximate surface area is 208 Å². The van der Waals surface area contributed by atoms with Gasteiger partial charge in [-0.25, -0.2) is 0 Å². The van der Waals surface area contributed by atoms with E-state index in [1.54, 1.807) is 18.2 Å². The number of ether oxygens (including phenoxy) is 1. The fourth-order valence-corrected chi connectivity index (χ4v) is 4.59. The molecule has 5 nitrogen and oxygen atoms in total. The predicted octanol–water partition coefficient (Wildman–Crippen LogP) is 5.37. The van der Waals surface area contributed by atoms with Crippen molar-refractivity contribution in [3.8, 4) is 5.75 Å². The van der Waals surface area contributed by atoms with Gasteiger partial charge in [0.2, 0.25) is 0 Å². The van der Waals surface area contributed by atoms with Crippen LogP contribution in [-0.2, 0) is 6.42 Å². The van der Waals surface area contributed by atoms with E-state index in [2.05, 4.69) is 23.6 Å². The van der Waals surface area contributed by atoms with Crippen molar-refractivity contribution in [3.63, 3.8) is 0 Å². The molecule has 1 saturated carbocycles. The van der Waals surface area contributed by atoms with Crippen LogP contribution in [0.5, 0.6) is 5.75 Å². The fourth-order valence-electron chi connectivity index (χ4n) is 4.42. The molecule has 0 bridgehead atoms. The number of allylic oxidation sites excluding steroid dienone is 1. The van der Waals surface area contributed by atoms with E-state index >= 15 is 0 Å². The first kappa shape index (κ1) is 26.1. The maximum absolute atomic E-state index is 12.7. The zero-order valence-electron chi connectivity index (χ0n) is 20.0. The topological polar surface area (TPSA) is 70.6 Å². The summed E-state index contributed by atoms with van der Waals surface area (Å²) in [5.41, 5.74) is 1.52. The third-order valence-corrected chi connectivity index (χ3v) is 6.68. The minimum absolute atomic E-state index is 0.0770. The van der Waals surface area contributed by atoms with Crippen molar-refractivity contribution < 1.29 is 14.6 Å². The molecule has 3 rings (SSSR count). The average molecular weight is 485 g/mol. The lowest BCUT2D eigenvalue weighted by atomic mass is 10.0. The molecule has 2 aromatic carbocycles. The number of aliphatic hydroxyl groups is 1. The summed E-state index contributed by atoms with van der Waals surface area (Å²) in [6.45, 7) is 3.24. The molecule has 3 atom stereocenters. The predicted molar refractivity (Wildman–Crippen MR) is 138 cm³/mol. The highest BCUT2D eigenvalue weighted by atomic mass is 35.5. The van der Waals surface area contributed by atoms with Gasteiger partial charge in [0, 0.05) is 18.1 Å². The van der Waals surface area contributed by atoms with Crippen molar-refractivity contribution in [1.29, 1.82) is 0 Å². The third kappa shape index (κ3) is 8.69. The van der Waals surface area contributed by atoms with Gasteiger partial charge in [-0.15, -0.1) is 0 Å². The molecule has 34 heavy (non-hydrogen) atoms. The first-order valence-electron chi connectivity index (χ1n) is 12.4. The molecule has 1 fully saturated rings. The van der Waals surface area contributed by atoms with Crippen molar-refractivity contribution in [2.45, 2.75) is 51.6 Å². The number of carbonyl (C=O) groups excluding carboxylic acids is 1. The summed E-state index contributed by atoms with van der Waals surface area (Å²) in [6, 6.07) is 14.9. The summed E-state index contributed by atoms with van der Waals surface area (Å²) < 4.78 is 5.77. The standard InChI is InChI=1S/C28H37ClN2O3/c1-2-21-10-11-23(17-21)9-6-15-30-19-25(32)20-34-27-13-12-24(29)18-26(27)28(33)31-16-14-22-7-4-3-5-8-22/h3-8,12-13,15,18,21,23,25,30,32H,2,9-11,14,16-17,19-20H2,1H3,(H,31,33)/b15-6-. The maximum atomic E-state index is 12.7. The second kappa shape index (κ2) is 14.0. The zero-order valence-corrected chi connectivity index (χ0v) is 20.8. The van der Waals surface area contributed by atoms with Crippen LogP contribution in [0.25, 0.3) is 0 Å². The Balaban J connectivity index is 1.40. The third-order valence-electron chi connectivity index (χ3n) is 6.45. The van der Waals surface area contributed by atoms with E-state index in [4.69, 9.17) is 16.3 Å². The normalized spacial score (nSPS) is 18.7. The molecule has 3 N–H and O–H groups in total. The minimum atomic E-state index is -0.703. The van der Waals surface area contributed by atoms with E-state index in [9.17, 15) is 9.90 Å². The number of nitrogens with one attached hydrogen (secondary N) is 2. The van der Waals surface area contributed by atoms with Crippen LogP contribution in [0.2, 0.25) is 5.02 Å². The number of benzene rings is 2. The molecule has 3 unspecified atom stereocenters. The van der Waals surface area contributed by atoms with E-state index in [1.165, 1.54) is 25.7 Å². The summed E-state index contributed by atoms with van der Waals surface area (Å²) in [5, 5.41) is 16.8. The van der Waals surface area contributed by atoms with Gasteiger partial charge in [-0.2, -0.15) is 0 Å². The Bertz CT molecular complexity index is 919. The highest BCUT2D eigenvalue weighted by Gasteiger charge is 2.22. The van der Waals surface area contributed by atoms with Crippen LogP contribution in [0, 0.1) is 11.8 Å². The van der Waals surface area contributed by atoms with Gasteiger partial charge in [0.15, 0.2) is 0 Å². The molecular formula is C28H37ClN2O3. The summed E-state index contributed by atoms with van der Waals surface area (Å²) in [7, 11) is 0. The maximum Gasteiger partial charge on any atom is 0.255 e. The van der Waals surface area contributed by atoms with Gasteiger partial charge in [0.1, 0.15) is 18.5 Å². The molecule has 0 aliphatic heterocycles. The van der Waals surface area contributed by atoms with Crippen molar-refractivity contribution in [3.05, 3.63) is 77.0 Å². The van der Waals surface area contributed by atoms with Crippen LogP contribution in [0.15, 0.2) is 60.8 Å². The van der Waals surface area contributed by atoms with Gasteiger partial charge < -0.3 is 20.5 Å². The van der Waals surface area contributed by atoms with Gasteiger partial charge in [-0.3, -0.25) is 4.79 Å². The van der Waals surface area contributed by atoms with E-state index in [1.807, 2.05) is 36.5 Å². The summed E-state index contributed by atoms with van der Waals surface area (Å²) in [5.74, 6) is 1.84. The smallest absolute Gasteiger partial charge is 0.255 e. The van der Waals surface area contributed by atoms with Gasteiger partial charge in [-0.05, 0) is 67.5 Å². The Morgan fingerprint density at radius 3 is 2.76 bits per heavy atom. The summed E-state index contributed by atoms with van der Waals surface area (Å²) >= 11 is 6.11. The van der Waals surface area contributed by atoms with Gasteiger partial charge in [0.05, 0.1) is 5.56 Å². The van der Waals surface area contributed by atoms with Crippen LogP contribution in [0.1, 0.15) is 54.9 Å². The number of halogens is 1. The molecule has 0 saturated heterocycles. The number of rotatable bonds is 13. The molecule has 0 aromatic heterocycles. The molecule has 0 spiro atoms. The van der Waals surface area contributed by atoms with Gasteiger partial charge in [0.25, 0.3) is 5.91 Å². The SMILES string of the molecule is CCC1CCC(C/C=C\NCC(O)COc2ccc(Cl)cc2C(=O)NCCc2ccccc2)C1. The lowest BCUT2D eigenvalue weighted by Gasteiger charge is -2.15. The van der Waals surface area contributed by atoms with Gasteiger partial charge in [-0.1, -0.05) is 67.8 Å².